The first kappa shape index (κ1) is 21.0. The fourth-order valence-corrected chi connectivity index (χ4v) is 5.74. The predicted molar refractivity (Wildman–Crippen MR) is 119 cm³/mol. The average Bonchev–Trinajstić information content (AvgIpc) is 2.78. The molecule has 32 heavy (non-hydrogen) atoms. The van der Waals surface area contributed by atoms with E-state index in [1.807, 2.05) is 25.1 Å². The van der Waals surface area contributed by atoms with Crippen LogP contribution in [0.4, 0.5) is 4.39 Å². The molecule has 1 unspecified atom stereocenters. The van der Waals surface area contributed by atoms with Crippen LogP contribution >= 0.6 is 0 Å². The van der Waals surface area contributed by atoms with Crippen LogP contribution in [0.5, 0.6) is 11.5 Å². The first-order valence-corrected chi connectivity index (χ1v) is 12.0. The second-order valence-electron chi connectivity index (χ2n) is 8.39. The summed E-state index contributed by atoms with van der Waals surface area (Å²) in [6.07, 6.45) is 1.80. The molecule has 0 aromatic heterocycles. The van der Waals surface area contributed by atoms with Gasteiger partial charge in [0.15, 0.2) is 0 Å². The highest BCUT2D eigenvalue weighted by Crippen LogP contribution is 2.41. The van der Waals surface area contributed by atoms with Crippen LogP contribution in [-0.4, -0.2) is 27.0 Å². The molecule has 3 aromatic rings. The molecular weight excluding hydrogens is 429 g/mol. The van der Waals surface area contributed by atoms with Crippen LogP contribution in [-0.2, 0) is 29.5 Å². The number of ether oxygens (including phenoxy) is 1. The molecule has 0 N–H and O–H groups in total. The Bertz CT molecular complexity index is 1310. The number of fused-ring (bicyclic) bond motifs is 4. The largest absolute Gasteiger partial charge is 0.497 e. The van der Waals surface area contributed by atoms with Gasteiger partial charge in [-0.3, -0.25) is 4.90 Å². The van der Waals surface area contributed by atoms with Gasteiger partial charge >= 0.3 is 10.1 Å². The topological polar surface area (TPSA) is 55.8 Å². The Morgan fingerprint density at radius 1 is 1.03 bits per heavy atom. The maximum Gasteiger partial charge on any atom is 0.339 e. The lowest BCUT2D eigenvalue weighted by Crippen LogP contribution is -2.39. The summed E-state index contributed by atoms with van der Waals surface area (Å²) >= 11 is 0. The van der Waals surface area contributed by atoms with Crippen molar-refractivity contribution in [3.8, 4) is 11.5 Å². The van der Waals surface area contributed by atoms with Crippen molar-refractivity contribution in [2.45, 2.75) is 37.2 Å². The van der Waals surface area contributed by atoms with Gasteiger partial charge in [-0.15, -0.1) is 0 Å². The fourth-order valence-electron chi connectivity index (χ4n) is 4.73. The summed E-state index contributed by atoms with van der Waals surface area (Å²) in [5.74, 6) is 0.546. The fraction of sp³-hybridized carbons (Fsp3) is 0.280. The maximum absolute atomic E-state index is 13.5. The Hall–Kier alpha value is -2.90. The van der Waals surface area contributed by atoms with Gasteiger partial charge in [-0.1, -0.05) is 18.2 Å². The molecule has 7 heteroatoms. The molecule has 0 fully saturated rings. The molecule has 0 amide bonds. The SMILES string of the molecule is COc1ccc2c(c1)CCN1Cc3cc(OS(=O)(=O)c4cccc(F)c4)c(C)cc3CC21. The number of halogens is 1. The third-order valence-electron chi connectivity index (χ3n) is 6.39. The van der Waals surface area contributed by atoms with Crippen molar-refractivity contribution in [1.82, 2.24) is 4.90 Å². The second-order valence-corrected chi connectivity index (χ2v) is 9.93. The van der Waals surface area contributed by atoms with Gasteiger partial charge in [0.1, 0.15) is 22.2 Å². The minimum absolute atomic E-state index is 0.197. The smallest absolute Gasteiger partial charge is 0.339 e. The zero-order chi connectivity index (χ0) is 22.5. The van der Waals surface area contributed by atoms with Crippen LogP contribution in [0, 0.1) is 12.7 Å². The van der Waals surface area contributed by atoms with Gasteiger partial charge in [-0.05, 0) is 84.0 Å². The van der Waals surface area contributed by atoms with Crippen molar-refractivity contribution in [2.75, 3.05) is 13.7 Å². The summed E-state index contributed by atoms with van der Waals surface area (Å²) in [6.45, 7) is 3.49. The first-order chi connectivity index (χ1) is 15.3. The van der Waals surface area contributed by atoms with Crippen LogP contribution in [0.3, 0.4) is 0 Å². The molecule has 1 atom stereocenters. The lowest BCUT2D eigenvalue weighted by Gasteiger charge is -2.41. The molecule has 0 saturated heterocycles. The number of hydrogen-bond donors (Lipinski definition) is 0. The van der Waals surface area contributed by atoms with Crippen molar-refractivity contribution in [3.63, 3.8) is 0 Å². The van der Waals surface area contributed by atoms with E-state index in [0.29, 0.717) is 6.04 Å². The van der Waals surface area contributed by atoms with E-state index in [0.717, 1.165) is 48.9 Å². The molecule has 2 heterocycles. The lowest BCUT2D eigenvalue weighted by atomic mass is 9.83. The summed E-state index contributed by atoms with van der Waals surface area (Å²) in [7, 11) is -2.44. The van der Waals surface area contributed by atoms with Crippen LogP contribution in [0.1, 0.15) is 33.9 Å². The molecule has 0 aliphatic carbocycles. The molecule has 166 valence electrons. The number of rotatable bonds is 4. The van der Waals surface area contributed by atoms with Crippen LogP contribution < -0.4 is 8.92 Å². The van der Waals surface area contributed by atoms with Crippen molar-refractivity contribution in [1.29, 1.82) is 0 Å². The highest BCUT2D eigenvalue weighted by Gasteiger charge is 2.33. The van der Waals surface area contributed by atoms with Crippen molar-refractivity contribution in [3.05, 3.63) is 88.2 Å². The van der Waals surface area contributed by atoms with E-state index in [1.54, 1.807) is 7.11 Å². The van der Waals surface area contributed by atoms with E-state index >= 15 is 0 Å². The quantitative estimate of drug-likeness (QED) is 0.542. The Kier molecular flexibility index (Phi) is 5.18. The van der Waals surface area contributed by atoms with E-state index in [2.05, 4.69) is 17.0 Å². The standard InChI is InChI=1S/C25H24FNO4S/c1-16-10-18-12-24-23-7-6-21(30-2)11-17(23)8-9-27(24)15-19(18)13-25(16)31-32(28,29)22-5-3-4-20(26)14-22/h3-7,10-11,13-14,24H,8-9,12,15H2,1-2H3. The summed E-state index contributed by atoms with van der Waals surface area (Å²) in [5, 5.41) is 0. The molecule has 0 radical (unpaired) electrons. The van der Waals surface area contributed by atoms with Crippen LogP contribution in [0.25, 0.3) is 0 Å². The van der Waals surface area contributed by atoms with Gasteiger partial charge in [0.2, 0.25) is 0 Å². The molecule has 2 aliphatic heterocycles. The van der Waals surface area contributed by atoms with Crippen LogP contribution in [0.15, 0.2) is 59.5 Å². The van der Waals surface area contributed by atoms with Gasteiger partial charge in [0.25, 0.3) is 0 Å². The molecular formula is C25H24FNO4S. The Balaban J connectivity index is 1.45. The van der Waals surface area contributed by atoms with E-state index in [1.165, 1.54) is 34.9 Å². The maximum atomic E-state index is 13.5. The van der Waals surface area contributed by atoms with Gasteiger partial charge in [-0.2, -0.15) is 8.42 Å². The summed E-state index contributed by atoms with van der Waals surface area (Å²) in [5.41, 5.74) is 5.65. The molecule has 2 aliphatic rings. The van der Waals surface area contributed by atoms with E-state index in [4.69, 9.17) is 8.92 Å². The lowest BCUT2D eigenvalue weighted by molar-refractivity contribution is 0.160. The minimum Gasteiger partial charge on any atom is -0.497 e. The van der Waals surface area contributed by atoms with E-state index < -0.39 is 15.9 Å². The van der Waals surface area contributed by atoms with Gasteiger partial charge in [0, 0.05) is 19.1 Å². The zero-order valence-corrected chi connectivity index (χ0v) is 18.8. The predicted octanol–water partition coefficient (Wildman–Crippen LogP) is 4.57. The Morgan fingerprint density at radius 2 is 1.88 bits per heavy atom. The monoisotopic (exact) mass is 453 g/mol. The Labute approximate surface area is 187 Å². The molecule has 5 nitrogen and oxygen atoms in total. The zero-order valence-electron chi connectivity index (χ0n) is 18.0. The normalized spacial score (nSPS) is 17.8. The average molecular weight is 454 g/mol. The Morgan fingerprint density at radius 3 is 2.66 bits per heavy atom. The third-order valence-corrected chi connectivity index (χ3v) is 7.62. The highest BCUT2D eigenvalue weighted by molar-refractivity contribution is 7.87. The van der Waals surface area contributed by atoms with E-state index in [-0.39, 0.29) is 10.6 Å². The molecule has 0 spiro atoms. The molecule has 0 saturated carbocycles. The molecule has 5 rings (SSSR count). The summed E-state index contributed by atoms with van der Waals surface area (Å²) < 4.78 is 49.7. The van der Waals surface area contributed by atoms with Crippen LogP contribution in [0.2, 0.25) is 0 Å². The first-order valence-electron chi connectivity index (χ1n) is 10.6. The molecule has 0 bridgehead atoms. The number of aryl methyl sites for hydroxylation is 1. The number of benzene rings is 3. The van der Waals surface area contributed by atoms with Crippen molar-refractivity contribution >= 4 is 10.1 Å². The van der Waals surface area contributed by atoms with Crippen molar-refractivity contribution < 1.29 is 21.7 Å². The number of nitrogens with zero attached hydrogens (tertiary/aromatic N) is 1. The summed E-state index contributed by atoms with van der Waals surface area (Å²) in [6, 6.07) is 15.3. The van der Waals surface area contributed by atoms with Gasteiger partial charge < -0.3 is 8.92 Å². The number of methoxy groups -OCH3 is 1. The highest BCUT2D eigenvalue weighted by atomic mass is 32.2. The molecule has 3 aromatic carbocycles. The second kappa shape index (κ2) is 7.90. The van der Waals surface area contributed by atoms with Gasteiger partial charge in [-0.25, -0.2) is 4.39 Å². The summed E-state index contributed by atoms with van der Waals surface area (Å²) in [4.78, 5) is 2.23. The third kappa shape index (κ3) is 3.76. The van der Waals surface area contributed by atoms with E-state index in [9.17, 15) is 12.8 Å². The van der Waals surface area contributed by atoms with Gasteiger partial charge in [0.05, 0.1) is 7.11 Å². The van der Waals surface area contributed by atoms with Crippen molar-refractivity contribution in [2.24, 2.45) is 0 Å². The minimum atomic E-state index is -4.12. The number of hydrogen-bond acceptors (Lipinski definition) is 5.